The van der Waals surface area contributed by atoms with E-state index in [0.29, 0.717) is 17.8 Å². The molecule has 88 valence electrons. The van der Waals surface area contributed by atoms with Gasteiger partial charge in [-0.15, -0.1) is 11.3 Å². The molecule has 0 aliphatic carbocycles. The normalized spacial score (nSPS) is 10.2. The second-order valence-corrected chi connectivity index (χ2v) is 4.73. The highest BCUT2D eigenvalue weighted by atomic mass is 32.1. The number of carboxylic acid groups (broad SMARTS) is 1. The summed E-state index contributed by atoms with van der Waals surface area (Å²) >= 11 is 1.67. The van der Waals surface area contributed by atoms with Crippen molar-refractivity contribution < 1.29 is 9.90 Å². The molecule has 0 spiro atoms. The molecule has 0 atom stereocenters. The highest BCUT2D eigenvalue weighted by Crippen LogP contribution is 2.20. The number of hydrogen-bond acceptors (Lipinski definition) is 3. The quantitative estimate of drug-likeness (QED) is 0.871. The van der Waals surface area contributed by atoms with Crippen LogP contribution in [0.5, 0.6) is 0 Å². The Balaban J connectivity index is 2.14. The highest BCUT2D eigenvalue weighted by molar-refractivity contribution is 7.10. The minimum atomic E-state index is -0.906. The number of rotatable bonds is 4. The van der Waals surface area contributed by atoms with Crippen LogP contribution in [0.15, 0.2) is 35.7 Å². The first kappa shape index (κ1) is 11.7. The van der Waals surface area contributed by atoms with Crippen LogP contribution in [0, 0.1) is 6.92 Å². The Morgan fingerprint density at radius 3 is 2.76 bits per heavy atom. The van der Waals surface area contributed by atoms with Gasteiger partial charge in [0.2, 0.25) is 0 Å². The van der Waals surface area contributed by atoms with Crippen LogP contribution in [0.1, 0.15) is 20.8 Å². The lowest BCUT2D eigenvalue weighted by molar-refractivity contribution is 0.0698. The Kier molecular flexibility index (Phi) is 3.44. The van der Waals surface area contributed by atoms with Gasteiger partial charge < -0.3 is 10.4 Å². The molecule has 0 fully saturated rings. The molecular weight excluding hydrogens is 234 g/mol. The van der Waals surface area contributed by atoms with E-state index in [1.807, 2.05) is 11.4 Å². The molecule has 1 aromatic heterocycles. The minimum absolute atomic E-state index is 0.307. The Bertz CT molecular complexity index is 534. The largest absolute Gasteiger partial charge is 0.478 e. The van der Waals surface area contributed by atoms with Crippen molar-refractivity contribution in [1.82, 2.24) is 0 Å². The molecule has 0 amide bonds. The highest BCUT2D eigenvalue weighted by Gasteiger charge is 2.08. The van der Waals surface area contributed by atoms with Gasteiger partial charge in [-0.1, -0.05) is 12.1 Å². The molecule has 17 heavy (non-hydrogen) atoms. The van der Waals surface area contributed by atoms with Gasteiger partial charge in [-0.05, 0) is 36.1 Å². The molecule has 3 nitrogen and oxygen atoms in total. The van der Waals surface area contributed by atoms with Gasteiger partial charge in [-0.3, -0.25) is 0 Å². The minimum Gasteiger partial charge on any atom is -0.478 e. The van der Waals surface area contributed by atoms with Gasteiger partial charge in [0.15, 0.2) is 0 Å². The van der Waals surface area contributed by atoms with Crippen molar-refractivity contribution in [3.05, 3.63) is 51.7 Å². The Morgan fingerprint density at radius 1 is 1.35 bits per heavy atom. The Morgan fingerprint density at radius 2 is 2.12 bits per heavy atom. The van der Waals surface area contributed by atoms with Gasteiger partial charge in [-0.2, -0.15) is 0 Å². The second kappa shape index (κ2) is 5.01. The average Bonchev–Trinajstić information content (AvgIpc) is 2.72. The van der Waals surface area contributed by atoms with E-state index >= 15 is 0 Å². The Hall–Kier alpha value is -1.81. The van der Waals surface area contributed by atoms with Gasteiger partial charge in [-0.25, -0.2) is 4.79 Å². The molecule has 0 radical (unpaired) electrons. The molecule has 4 heteroatoms. The van der Waals surface area contributed by atoms with E-state index in [4.69, 9.17) is 5.11 Å². The van der Waals surface area contributed by atoms with Gasteiger partial charge in [0.1, 0.15) is 0 Å². The number of aromatic carboxylic acids is 1. The fourth-order valence-corrected chi connectivity index (χ4v) is 2.43. The number of carboxylic acids is 1. The standard InChI is InChI=1S/C13H13NO2S/c1-9-6-7-17-12(9)8-14-11-5-3-2-4-10(11)13(15)16/h2-7,14H,8H2,1H3,(H,15,16). The van der Waals surface area contributed by atoms with E-state index in [9.17, 15) is 4.79 Å². The van der Waals surface area contributed by atoms with E-state index in [2.05, 4.69) is 18.3 Å². The van der Waals surface area contributed by atoms with E-state index in [0.717, 1.165) is 0 Å². The summed E-state index contributed by atoms with van der Waals surface area (Å²) in [5, 5.41) is 14.2. The number of nitrogens with one attached hydrogen (secondary N) is 1. The average molecular weight is 247 g/mol. The number of thiophene rings is 1. The van der Waals surface area contributed by atoms with Crippen molar-refractivity contribution in [3.63, 3.8) is 0 Å². The van der Waals surface area contributed by atoms with Crippen molar-refractivity contribution in [3.8, 4) is 0 Å². The lowest BCUT2D eigenvalue weighted by Gasteiger charge is -2.08. The summed E-state index contributed by atoms with van der Waals surface area (Å²) in [7, 11) is 0. The van der Waals surface area contributed by atoms with Gasteiger partial charge in [0.25, 0.3) is 0 Å². The lowest BCUT2D eigenvalue weighted by Crippen LogP contribution is -2.05. The maximum atomic E-state index is 11.0. The SMILES string of the molecule is Cc1ccsc1CNc1ccccc1C(=O)O. The number of para-hydroxylation sites is 1. The summed E-state index contributed by atoms with van der Waals surface area (Å²) in [6, 6.07) is 9.00. The molecule has 2 rings (SSSR count). The first-order chi connectivity index (χ1) is 8.18. The van der Waals surface area contributed by atoms with Crippen LogP contribution >= 0.6 is 11.3 Å². The maximum Gasteiger partial charge on any atom is 0.337 e. The zero-order chi connectivity index (χ0) is 12.3. The predicted octanol–water partition coefficient (Wildman–Crippen LogP) is 3.37. The lowest BCUT2D eigenvalue weighted by atomic mass is 10.2. The Labute approximate surface area is 104 Å². The molecule has 0 bridgehead atoms. The number of aryl methyl sites for hydroxylation is 1. The maximum absolute atomic E-state index is 11.0. The molecule has 0 aliphatic rings. The molecule has 0 saturated heterocycles. The van der Waals surface area contributed by atoms with Crippen LogP contribution in [0.2, 0.25) is 0 Å². The zero-order valence-corrected chi connectivity index (χ0v) is 10.3. The van der Waals surface area contributed by atoms with Gasteiger partial charge in [0.05, 0.1) is 5.56 Å². The van der Waals surface area contributed by atoms with Crippen molar-refractivity contribution in [2.24, 2.45) is 0 Å². The fraction of sp³-hybridized carbons (Fsp3) is 0.154. The number of anilines is 1. The van der Waals surface area contributed by atoms with E-state index in [1.165, 1.54) is 10.4 Å². The molecule has 2 N–H and O–H groups in total. The smallest absolute Gasteiger partial charge is 0.337 e. The third-order valence-electron chi connectivity index (χ3n) is 2.57. The zero-order valence-electron chi connectivity index (χ0n) is 9.43. The molecule has 1 heterocycles. The number of hydrogen-bond donors (Lipinski definition) is 2. The number of carbonyl (C=O) groups is 1. The van der Waals surface area contributed by atoms with Crippen molar-refractivity contribution in [1.29, 1.82) is 0 Å². The van der Waals surface area contributed by atoms with Crippen LogP contribution in [0.4, 0.5) is 5.69 Å². The van der Waals surface area contributed by atoms with E-state index < -0.39 is 5.97 Å². The van der Waals surface area contributed by atoms with E-state index in [-0.39, 0.29) is 0 Å². The molecule has 1 aromatic carbocycles. The number of benzene rings is 1. The molecule has 2 aromatic rings. The third-order valence-corrected chi connectivity index (χ3v) is 3.59. The second-order valence-electron chi connectivity index (χ2n) is 3.73. The van der Waals surface area contributed by atoms with Gasteiger partial charge in [0, 0.05) is 17.1 Å². The van der Waals surface area contributed by atoms with Crippen LogP contribution in [0.3, 0.4) is 0 Å². The van der Waals surface area contributed by atoms with Crippen LogP contribution in [0.25, 0.3) is 0 Å². The molecular formula is C13H13NO2S. The summed E-state index contributed by atoms with van der Waals surface area (Å²) in [4.78, 5) is 12.2. The summed E-state index contributed by atoms with van der Waals surface area (Å²) < 4.78 is 0. The summed E-state index contributed by atoms with van der Waals surface area (Å²) in [6.45, 7) is 2.71. The molecule has 0 aliphatic heterocycles. The first-order valence-electron chi connectivity index (χ1n) is 5.27. The molecule has 0 saturated carbocycles. The third kappa shape index (κ3) is 2.65. The summed E-state index contributed by atoms with van der Waals surface area (Å²) in [5.74, 6) is -0.906. The van der Waals surface area contributed by atoms with Crippen LogP contribution in [-0.2, 0) is 6.54 Å². The summed E-state index contributed by atoms with van der Waals surface area (Å²) in [6.07, 6.45) is 0. The van der Waals surface area contributed by atoms with Crippen LogP contribution in [-0.4, -0.2) is 11.1 Å². The van der Waals surface area contributed by atoms with Crippen molar-refractivity contribution in [2.45, 2.75) is 13.5 Å². The summed E-state index contributed by atoms with van der Waals surface area (Å²) in [5.41, 5.74) is 2.20. The first-order valence-corrected chi connectivity index (χ1v) is 6.15. The van der Waals surface area contributed by atoms with Crippen molar-refractivity contribution >= 4 is 23.0 Å². The van der Waals surface area contributed by atoms with Gasteiger partial charge >= 0.3 is 5.97 Å². The monoisotopic (exact) mass is 247 g/mol. The topological polar surface area (TPSA) is 49.3 Å². The van der Waals surface area contributed by atoms with Crippen molar-refractivity contribution in [2.75, 3.05) is 5.32 Å². The van der Waals surface area contributed by atoms with E-state index in [1.54, 1.807) is 29.5 Å². The van der Waals surface area contributed by atoms with Crippen LogP contribution < -0.4 is 5.32 Å². The molecule has 0 unspecified atom stereocenters. The fourth-order valence-electron chi connectivity index (χ4n) is 1.58. The predicted molar refractivity (Wildman–Crippen MR) is 69.8 cm³/mol.